The molecule has 0 spiro atoms. The van der Waals surface area contributed by atoms with E-state index in [1.54, 1.807) is 0 Å². The van der Waals surface area contributed by atoms with Gasteiger partial charge in [-0.1, -0.05) is 39.4 Å². The van der Waals surface area contributed by atoms with Crippen LogP contribution in [0.1, 0.15) is 17.2 Å². The minimum absolute atomic E-state index is 0.119. The van der Waals surface area contributed by atoms with E-state index in [4.69, 9.17) is 16.4 Å². The fourth-order valence-corrected chi connectivity index (χ4v) is 2.47. The Morgan fingerprint density at radius 3 is 3.15 bits per heavy atom. The van der Waals surface area contributed by atoms with Crippen molar-refractivity contribution in [2.24, 2.45) is 5.16 Å². The summed E-state index contributed by atoms with van der Waals surface area (Å²) in [6.07, 6.45) is 1.47. The lowest BCUT2D eigenvalue weighted by Gasteiger charge is -2.01. The highest BCUT2D eigenvalue weighted by atomic mass is 35.5. The average Bonchev–Trinajstić information content (AvgIpc) is 2.98. The maximum atomic E-state index is 11.8. The van der Waals surface area contributed by atoms with Crippen molar-refractivity contribution in [1.29, 1.82) is 0 Å². The molecule has 1 aromatic heterocycles. The number of nitrogens with one attached hydrogen (secondary N) is 1. The van der Waals surface area contributed by atoms with E-state index in [-0.39, 0.29) is 12.5 Å². The molecule has 1 aromatic carbocycles. The third-order valence-corrected chi connectivity index (χ3v) is 3.82. The molecule has 20 heavy (non-hydrogen) atoms. The zero-order valence-corrected chi connectivity index (χ0v) is 11.7. The zero-order chi connectivity index (χ0) is 13.9. The molecule has 2 heterocycles. The largest absolute Gasteiger partial charge is 0.389 e. The monoisotopic (exact) mass is 308 g/mol. The molecule has 1 aliphatic rings. The summed E-state index contributed by atoms with van der Waals surface area (Å²) in [6.45, 7) is 0.127. The molecule has 2 aromatic rings. The Bertz CT molecular complexity index is 673. The van der Waals surface area contributed by atoms with Crippen LogP contribution < -0.4 is 5.32 Å². The van der Waals surface area contributed by atoms with Crippen LogP contribution in [0.5, 0.6) is 0 Å². The fraction of sp³-hybridized carbons (Fsp3) is 0.167. The van der Waals surface area contributed by atoms with E-state index in [1.165, 1.54) is 6.21 Å². The molecule has 0 saturated carbocycles. The first-order valence-corrected chi connectivity index (χ1v) is 6.93. The number of amides is 1. The number of hydrogen-bond acceptors (Lipinski definition) is 6. The SMILES string of the molecule is O=C1Nc2ccccc2[C@@H]1/C=N/OCc1nnsc1Cl. The van der Waals surface area contributed by atoms with Gasteiger partial charge in [-0.3, -0.25) is 4.79 Å². The van der Waals surface area contributed by atoms with Crippen molar-refractivity contribution in [2.45, 2.75) is 12.5 Å². The van der Waals surface area contributed by atoms with Crippen LogP contribution in [0.25, 0.3) is 0 Å². The number of halogens is 1. The first kappa shape index (κ1) is 13.0. The molecule has 0 unspecified atom stereocenters. The number of para-hydroxylation sites is 1. The third-order valence-electron chi connectivity index (χ3n) is 2.83. The van der Waals surface area contributed by atoms with Crippen LogP contribution in [0.4, 0.5) is 5.69 Å². The Morgan fingerprint density at radius 2 is 2.35 bits per heavy atom. The minimum atomic E-state index is -0.435. The van der Waals surface area contributed by atoms with Crippen LogP contribution in [0.15, 0.2) is 29.4 Å². The van der Waals surface area contributed by atoms with Gasteiger partial charge in [0.15, 0.2) is 6.61 Å². The normalized spacial score (nSPS) is 17.2. The Labute approximate surface area is 123 Å². The molecule has 3 rings (SSSR count). The molecule has 0 aliphatic carbocycles. The van der Waals surface area contributed by atoms with Gasteiger partial charge in [0, 0.05) is 17.2 Å². The van der Waals surface area contributed by atoms with E-state index in [0.717, 1.165) is 22.8 Å². The van der Waals surface area contributed by atoms with Gasteiger partial charge in [0.2, 0.25) is 5.91 Å². The van der Waals surface area contributed by atoms with Crippen LogP contribution >= 0.6 is 23.1 Å². The van der Waals surface area contributed by atoms with Crippen molar-refractivity contribution in [3.63, 3.8) is 0 Å². The van der Waals surface area contributed by atoms with E-state index in [1.807, 2.05) is 24.3 Å². The minimum Gasteiger partial charge on any atom is -0.389 e. The summed E-state index contributed by atoms with van der Waals surface area (Å²) in [7, 11) is 0. The van der Waals surface area contributed by atoms with Gasteiger partial charge in [-0.25, -0.2) is 0 Å². The van der Waals surface area contributed by atoms with E-state index >= 15 is 0 Å². The molecule has 0 radical (unpaired) electrons. The predicted molar refractivity (Wildman–Crippen MR) is 76.0 cm³/mol. The number of nitrogens with zero attached hydrogens (tertiary/aromatic N) is 3. The number of oxime groups is 1. The van der Waals surface area contributed by atoms with E-state index in [0.29, 0.717) is 10.0 Å². The second-order valence-corrected chi connectivity index (χ2v) is 5.43. The average molecular weight is 309 g/mol. The molecular weight excluding hydrogens is 300 g/mol. The van der Waals surface area contributed by atoms with Crippen molar-refractivity contribution >= 4 is 40.9 Å². The van der Waals surface area contributed by atoms with E-state index < -0.39 is 5.92 Å². The van der Waals surface area contributed by atoms with Crippen molar-refractivity contribution in [1.82, 2.24) is 9.59 Å². The fourth-order valence-electron chi connectivity index (χ4n) is 1.87. The van der Waals surface area contributed by atoms with Crippen LogP contribution in [0.2, 0.25) is 4.34 Å². The Balaban J connectivity index is 1.65. The lowest BCUT2D eigenvalue weighted by Crippen LogP contribution is -2.13. The summed E-state index contributed by atoms with van der Waals surface area (Å²) in [5.74, 6) is -0.554. The number of rotatable bonds is 4. The number of benzene rings is 1. The van der Waals surface area contributed by atoms with Gasteiger partial charge >= 0.3 is 0 Å². The van der Waals surface area contributed by atoms with Crippen molar-refractivity contribution in [2.75, 3.05) is 5.32 Å². The van der Waals surface area contributed by atoms with Crippen LogP contribution in [-0.2, 0) is 16.2 Å². The summed E-state index contributed by atoms with van der Waals surface area (Å²) in [5, 5.41) is 10.4. The summed E-state index contributed by atoms with van der Waals surface area (Å²) in [6, 6.07) is 7.47. The maximum absolute atomic E-state index is 11.8. The summed E-state index contributed by atoms with van der Waals surface area (Å²) < 4.78 is 4.16. The molecule has 0 fully saturated rings. The highest BCUT2D eigenvalue weighted by molar-refractivity contribution is 7.10. The van der Waals surface area contributed by atoms with Crippen LogP contribution in [0, 0.1) is 0 Å². The molecule has 1 amide bonds. The lowest BCUT2D eigenvalue weighted by molar-refractivity contribution is -0.115. The van der Waals surface area contributed by atoms with Gasteiger partial charge < -0.3 is 10.2 Å². The van der Waals surface area contributed by atoms with Crippen molar-refractivity contribution < 1.29 is 9.63 Å². The quantitative estimate of drug-likeness (QED) is 0.695. The smallest absolute Gasteiger partial charge is 0.237 e. The van der Waals surface area contributed by atoms with Crippen molar-refractivity contribution in [3.8, 4) is 0 Å². The Kier molecular flexibility index (Phi) is 3.62. The topological polar surface area (TPSA) is 76.5 Å². The lowest BCUT2D eigenvalue weighted by atomic mass is 10.0. The molecule has 1 atom stereocenters. The Hall–Kier alpha value is -1.99. The number of aromatic nitrogens is 2. The highest BCUT2D eigenvalue weighted by Crippen LogP contribution is 2.30. The number of hydrogen-bond donors (Lipinski definition) is 1. The molecule has 102 valence electrons. The third kappa shape index (κ3) is 2.50. The van der Waals surface area contributed by atoms with Gasteiger partial charge in [0.25, 0.3) is 0 Å². The molecular formula is C12H9ClN4O2S. The zero-order valence-electron chi connectivity index (χ0n) is 10.1. The molecule has 1 N–H and O–H groups in total. The number of carbonyl (C=O) groups is 1. The van der Waals surface area contributed by atoms with Gasteiger partial charge in [-0.2, -0.15) is 0 Å². The first-order valence-electron chi connectivity index (χ1n) is 5.77. The first-order chi connectivity index (χ1) is 9.75. The van der Waals surface area contributed by atoms with Gasteiger partial charge in [-0.15, -0.1) is 5.10 Å². The van der Waals surface area contributed by atoms with Crippen LogP contribution in [-0.4, -0.2) is 21.7 Å². The van der Waals surface area contributed by atoms with Crippen LogP contribution in [0.3, 0.4) is 0 Å². The molecule has 8 heteroatoms. The highest BCUT2D eigenvalue weighted by Gasteiger charge is 2.28. The molecule has 0 bridgehead atoms. The number of fused-ring (bicyclic) bond motifs is 1. The summed E-state index contributed by atoms with van der Waals surface area (Å²) in [4.78, 5) is 16.9. The summed E-state index contributed by atoms with van der Waals surface area (Å²) >= 11 is 6.92. The standard InChI is InChI=1S/C12H9ClN4O2S/c13-11-10(16-17-20-11)6-19-14-5-8-7-3-1-2-4-9(7)15-12(8)18/h1-5,8H,6H2,(H,15,18)/b14-5+/t8-/m0/s1. The van der Waals surface area contributed by atoms with E-state index in [2.05, 4.69) is 20.1 Å². The van der Waals surface area contributed by atoms with E-state index in [9.17, 15) is 4.79 Å². The molecule has 1 aliphatic heterocycles. The van der Waals surface area contributed by atoms with Crippen molar-refractivity contribution in [3.05, 3.63) is 39.9 Å². The maximum Gasteiger partial charge on any atom is 0.237 e. The van der Waals surface area contributed by atoms with Gasteiger partial charge in [0.05, 0.1) is 6.21 Å². The van der Waals surface area contributed by atoms with Gasteiger partial charge in [0.1, 0.15) is 15.9 Å². The Morgan fingerprint density at radius 1 is 1.50 bits per heavy atom. The van der Waals surface area contributed by atoms with Gasteiger partial charge in [-0.05, 0) is 11.6 Å². The second kappa shape index (κ2) is 5.56. The molecule has 6 nitrogen and oxygen atoms in total. The number of carbonyl (C=O) groups excluding carboxylic acids is 1. The predicted octanol–water partition coefficient (Wildman–Crippen LogP) is 2.43. The molecule has 0 saturated heterocycles. The summed E-state index contributed by atoms with van der Waals surface area (Å²) in [5.41, 5.74) is 2.23. The number of anilines is 1. The second-order valence-electron chi connectivity index (χ2n) is 4.08.